The summed E-state index contributed by atoms with van der Waals surface area (Å²) in [6.07, 6.45) is 1.28. The topological polar surface area (TPSA) is 21.3 Å². The SMILES string of the molecule is COCCNCC1CC1(C)c1ccc2ccccc2c1. The first kappa shape index (κ1) is 13.6. The van der Waals surface area contributed by atoms with E-state index in [2.05, 4.69) is 54.7 Å². The van der Waals surface area contributed by atoms with Crippen LogP contribution in [0.5, 0.6) is 0 Å². The first-order chi connectivity index (χ1) is 9.74. The Bertz CT molecular complexity index is 595. The first-order valence-corrected chi connectivity index (χ1v) is 7.43. The number of hydrogen-bond donors (Lipinski definition) is 1. The molecule has 2 aromatic carbocycles. The molecule has 0 radical (unpaired) electrons. The number of methoxy groups -OCH3 is 1. The third-order valence-electron chi connectivity index (χ3n) is 4.69. The van der Waals surface area contributed by atoms with E-state index in [-0.39, 0.29) is 0 Å². The maximum atomic E-state index is 5.07. The van der Waals surface area contributed by atoms with Gasteiger partial charge < -0.3 is 10.1 Å². The third kappa shape index (κ3) is 2.58. The summed E-state index contributed by atoms with van der Waals surface area (Å²) in [7, 11) is 1.75. The van der Waals surface area contributed by atoms with E-state index in [1.165, 1.54) is 22.8 Å². The molecular formula is C18H23NO. The lowest BCUT2D eigenvalue weighted by atomic mass is 9.93. The summed E-state index contributed by atoms with van der Waals surface area (Å²) in [6, 6.07) is 15.5. The fraction of sp³-hybridized carbons (Fsp3) is 0.444. The molecule has 1 N–H and O–H groups in total. The van der Waals surface area contributed by atoms with Gasteiger partial charge in [0.25, 0.3) is 0 Å². The number of nitrogens with one attached hydrogen (secondary N) is 1. The van der Waals surface area contributed by atoms with Crippen LogP contribution in [-0.4, -0.2) is 26.8 Å². The van der Waals surface area contributed by atoms with Gasteiger partial charge in [0.1, 0.15) is 0 Å². The van der Waals surface area contributed by atoms with E-state index in [9.17, 15) is 0 Å². The molecule has 0 spiro atoms. The zero-order valence-electron chi connectivity index (χ0n) is 12.4. The average Bonchev–Trinajstić information content (AvgIpc) is 3.15. The minimum atomic E-state index is 0.351. The molecule has 0 aromatic heterocycles. The molecule has 0 bridgehead atoms. The molecule has 2 atom stereocenters. The van der Waals surface area contributed by atoms with E-state index in [4.69, 9.17) is 4.74 Å². The summed E-state index contributed by atoms with van der Waals surface area (Å²) in [5.41, 5.74) is 1.83. The molecule has 1 aliphatic carbocycles. The van der Waals surface area contributed by atoms with Crippen molar-refractivity contribution in [2.75, 3.05) is 26.8 Å². The number of hydrogen-bond acceptors (Lipinski definition) is 2. The van der Waals surface area contributed by atoms with Crippen LogP contribution in [0.2, 0.25) is 0 Å². The Labute approximate surface area is 121 Å². The molecule has 0 aliphatic heterocycles. The Morgan fingerprint density at radius 1 is 1.20 bits per heavy atom. The largest absolute Gasteiger partial charge is 0.383 e. The maximum absolute atomic E-state index is 5.07. The Kier molecular flexibility index (Phi) is 3.77. The second-order valence-corrected chi connectivity index (χ2v) is 6.08. The molecule has 20 heavy (non-hydrogen) atoms. The summed E-state index contributed by atoms with van der Waals surface area (Å²) in [6.45, 7) is 5.21. The molecule has 1 saturated carbocycles. The molecule has 0 amide bonds. The Balaban J connectivity index is 1.69. The number of ether oxygens (including phenoxy) is 1. The molecule has 2 aromatic rings. The predicted molar refractivity (Wildman–Crippen MR) is 84.2 cm³/mol. The molecule has 1 aliphatic rings. The summed E-state index contributed by atoms with van der Waals surface area (Å²) in [5, 5.41) is 6.17. The van der Waals surface area contributed by atoms with Crippen LogP contribution in [0.4, 0.5) is 0 Å². The van der Waals surface area contributed by atoms with E-state index in [0.29, 0.717) is 5.41 Å². The van der Waals surface area contributed by atoms with Gasteiger partial charge in [-0.1, -0.05) is 49.4 Å². The van der Waals surface area contributed by atoms with Gasteiger partial charge in [0.15, 0.2) is 0 Å². The van der Waals surface area contributed by atoms with Gasteiger partial charge in [-0.3, -0.25) is 0 Å². The predicted octanol–water partition coefficient (Wildman–Crippen LogP) is 3.35. The highest BCUT2D eigenvalue weighted by Gasteiger charge is 2.50. The molecule has 0 saturated heterocycles. The fourth-order valence-corrected chi connectivity index (χ4v) is 3.10. The van der Waals surface area contributed by atoms with Crippen molar-refractivity contribution in [3.05, 3.63) is 48.0 Å². The van der Waals surface area contributed by atoms with Gasteiger partial charge in [-0.25, -0.2) is 0 Å². The number of benzene rings is 2. The van der Waals surface area contributed by atoms with Gasteiger partial charge in [0.05, 0.1) is 6.61 Å². The normalized spacial score (nSPS) is 25.0. The third-order valence-corrected chi connectivity index (χ3v) is 4.69. The zero-order valence-corrected chi connectivity index (χ0v) is 12.4. The van der Waals surface area contributed by atoms with Crippen molar-refractivity contribution in [2.45, 2.75) is 18.8 Å². The van der Waals surface area contributed by atoms with E-state index in [1.807, 2.05) is 0 Å². The van der Waals surface area contributed by atoms with Crippen LogP contribution in [0.1, 0.15) is 18.9 Å². The summed E-state index contributed by atoms with van der Waals surface area (Å²) in [4.78, 5) is 0. The highest BCUT2D eigenvalue weighted by molar-refractivity contribution is 5.83. The highest BCUT2D eigenvalue weighted by atomic mass is 16.5. The standard InChI is InChI=1S/C18H23NO/c1-18(12-17(18)13-19-9-10-20-2)16-8-7-14-5-3-4-6-15(14)11-16/h3-8,11,17,19H,9-10,12-13H2,1-2H3. The van der Waals surface area contributed by atoms with Crippen molar-refractivity contribution < 1.29 is 4.74 Å². The van der Waals surface area contributed by atoms with Crippen molar-refractivity contribution in [3.8, 4) is 0 Å². The molecule has 0 heterocycles. The second kappa shape index (κ2) is 5.55. The van der Waals surface area contributed by atoms with Gasteiger partial charge in [0.2, 0.25) is 0 Å². The van der Waals surface area contributed by atoms with Crippen LogP contribution in [0, 0.1) is 5.92 Å². The van der Waals surface area contributed by atoms with Crippen molar-refractivity contribution in [3.63, 3.8) is 0 Å². The lowest BCUT2D eigenvalue weighted by Crippen LogP contribution is -2.23. The minimum Gasteiger partial charge on any atom is -0.383 e. The fourth-order valence-electron chi connectivity index (χ4n) is 3.10. The van der Waals surface area contributed by atoms with Crippen LogP contribution in [0.3, 0.4) is 0 Å². The van der Waals surface area contributed by atoms with Crippen molar-refractivity contribution in [1.82, 2.24) is 5.32 Å². The van der Waals surface area contributed by atoms with Gasteiger partial charge in [-0.05, 0) is 40.6 Å². The van der Waals surface area contributed by atoms with Crippen molar-refractivity contribution in [1.29, 1.82) is 0 Å². The van der Waals surface area contributed by atoms with Gasteiger partial charge in [0, 0.05) is 13.7 Å². The lowest BCUT2D eigenvalue weighted by molar-refractivity contribution is 0.199. The molecule has 1 fully saturated rings. The Morgan fingerprint density at radius 2 is 2.00 bits per heavy atom. The summed E-state index contributed by atoms with van der Waals surface area (Å²) in [5.74, 6) is 0.750. The summed E-state index contributed by atoms with van der Waals surface area (Å²) < 4.78 is 5.07. The molecular weight excluding hydrogens is 246 g/mol. The summed E-state index contributed by atoms with van der Waals surface area (Å²) >= 11 is 0. The van der Waals surface area contributed by atoms with E-state index in [1.54, 1.807) is 7.11 Å². The molecule has 3 rings (SSSR count). The van der Waals surface area contributed by atoms with Crippen LogP contribution < -0.4 is 5.32 Å². The molecule has 2 unspecified atom stereocenters. The zero-order chi connectivity index (χ0) is 14.0. The van der Waals surface area contributed by atoms with Crippen LogP contribution >= 0.6 is 0 Å². The quantitative estimate of drug-likeness (QED) is 0.812. The van der Waals surface area contributed by atoms with Gasteiger partial charge >= 0.3 is 0 Å². The molecule has 2 nitrogen and oxygen atoms in total. The van der Waals surface area contributed by atoms with Gasteiger partial charge in [-0.15, -0.1) is 0 Å². The number of fused-ring (bicyclic) bond motifs is 1. The smallest absolute Gasteiger partial charge is 0.0587 e. The van der Waals surface area contributed by atoms with E-state index in [0.717, 1.165) is 25.6 Å². The Hall–Kier alpha value is -1.38. The second-order valence-electron chi connectivity index (χ2n) is 6.08. The molecule has 106 valence electrons. The Morgan fingerprint density at radius 3 is 2.80 bits per heavy atom. The highest BCUT2D eigenvalue weighted by Crippen LogP contribution is 2.53. The van der Waals surface area contributed by atoms with E-state index >= 15 is 0 Å². The van der Waals surface area contributed by atoms with Crippen LogP contribution in [0.25, 0.3) is 10.8 Å². The number of rotatable bonds is 6. The van der Waals surface area contributed by atoms with Crippen LogP contribution in [0.15, 0.2) is 42.5 Å². The maximum Gasteiger partial charge on any atom is 0.0587 e. The lowest BCUT2D eigenvalue weighted by Gasteiger charge is -2.13. The average molecular weight is 269 g/mol. The van der Waals surface area contributed by atoms with Crippen LogP contribution in [-0.2, 0) is 10.2 Å². The molecule has 2 heteroatoms. The first-order valence-electron chi connectivity index (χ1n) is 7.43. The monoisotopic (exact) mass is 269 g/mol. The van der Waals surface area contributed by atoms with Crippen molar-refractivity contribution in [2.24, 2.45) is 5.92 Å². The minimum absolute atomic E-state index is 0.351. The van der Waals surface area contributed by atoms with Gasteiger partial charge in [-0.2, -0.15) is 0 Å². The van der Waals surface area contributed by atoms with Crippen molar-refractivity contribution >= 4 is 10.8 Å². The van der Waals surface area contributed by atoms with E-state index < -0.39 is 0 Å².